The van der Waals surface area contributed by atoms with Gasteiger partial charge in [-0.05, 0) is 25.0 Å². The largest absolute Gasteiger partial charge is 0.373 e. The number of rotatable bonds is 2. The molecule has 0 saturated heterocycles. The maximum Gasteiger partial charge on any atom is 0.114 e. The summed E-state index contributed by atoms with van der Waals surface area (Å²) in [7, 11) is 0. The Hall–Kier alpha value is -1.84. The van der Waals surface area contributed by atoms with Crippen LogP contribution in [-0.2, 0) is 6.42 Å². The number of benzene rings is 1. The lowest BCUT2D eigenvalue weighted by molar-refractivity contribution is 0.748. The minimum atomic E-state index is 0.772. The van der Waals surface area contributed by atoms with Crippen LogP contribution in [0.15, 0.2) is 29.3 Å². The summed E-state index contributed by atoms with van der Waals surface area (Å²) in [6, 6.07) is 8.10. The van der Waals surface area contributed by atoms with E-state index in [9.17, 15) is 0 Å². The van der Waals surface area contributed by atoms with Crippen molar-refractivity contribution in [3.05, 3.63) is 30.1 Å². The van der Waals surface area contributed by atoms with E-state index in [0.29, 0.717) is 0 Å². The minimum Gasteiger partial charge on any atom is -0.373 e. The number of aromatic amines is 1. The Labute approximate surface area is 100 Å². The summed E-state index contributed by atoms with van der Waals surface area (Å²) < 4.78 is 0. The van der Waals surface area contributed by atoms with Gasteiger partial charge in [-0.25, -0.2) is 4.98 Å². The van der Waals surface area contributed by atoms with Crippen molar-refractivity contribution in [3.63, 3.8) is 0 Å². The molecule has 0 radical (unpaired) electrons. The number of hydrogen-bond acceptors (Lipinski definition) is 3. The van der Waals surface area contributed by atoms with Crippen LogP contribution in [0.3, 0.4) is 0 Å². The molecule has 0 bridgehead atoms. The molecular weight excluding hydrogens is 212 g/mol. The van der Waals surface area contributed by atoms with Gasteiger partial charge in [0.05, 0.1) is 17.5 Å². The van der Waals surface area contributed by atoms with Crippen LogP contribution < -0.4 is 5.32 Å². The fraction of sp³-hybridized carbons (Fsp3) is 0.385. The third-order valence-corrected chi connectivity index (χ3v) is 2.99. The number of para-hydroxylation sites is 2. The molecule has 88 valence electrons. The smallest absolute Gasteiger partial charge is 0.114 e. The number of hydrogen-bond donors (Lipinski definition) is 2. The second kappa shape index (κ2) is 4.57. The summed E-state index contributed by atoms with van der Waals surface area (Å²) in [6.45, 7) is 1.96. The van der Waals surface area contributed by atoms with Crippen LogP contribution in [0.5, 0.6) is 0 Å². The van der Waals surface area contributed by atoms with Gasteiger partial charge in [0.25, 0.3) is 0 Å². The van der Waals surface area contributed by atoms with Crippen molar-refractivity contribution in [2.45, 2.75) is 19.3 Å². The van der Waals surface area contributed by atoms with E-state index in [1.807, 2.05) is 24.3 Å². The summed E-state index contributed by atoms with van der Waals surface area (Å²) in [4.78, 5) is 12.4. The fourth-order valence-electron chi connectivity index (χ4n) is 2.11. The standard InChI is InChI=1S/C13H16N4/c1-2-6-11-10(5-1)16-13(17-11)9-12-14-7-3-4-8-15-12/h1-2,5-6H,3-4,7-9H2,(H,14,15)(H,16,17). The molecular formula is C13H16N4. The molecule has 1 aromatic heterocycles. The number of nitrogens with zero attached hydrogens (tertiary/aromatic N) is 2. The topological polar surface area (TPSA) is 53.1 Å². The Bertz CT molecular complexity index is 508. The highest BCUT2D eigenvalue weighted by Crippen LogP contribution is 2.11. The summed E-state index contributed by atoms with van der Waals surface area (Å²) in [5, 5.41) is 3.36. The lowest BCUT2D eigenvalue weighted by Gasteiger charge is -2.04. The molecule has 0 spiro atoms. The molecule has 0 saturated carbocycles. The van der Waals surface area contributed by atoms with Gasteiger partial charge in [-0.1, -0.05) is 12.1 Å². The third kappa shape index (κ3) is 2.30. The van der Waals surface area contributed by atoms with E-state index >= 15 is 0 Å². The van der Waals surface area contributed by atoms with E-state index in [-0.39, 0.29) is 0 Å². The first-order valence-corrected chi connectivity index (χ1v) is 6.13. The fourth-order valence-corrected chi connectivity index (χ4v) is 2.11. The quantitative estimate of drug-likeness (QED) is 0.824. The monoisotopic (exact) mass is 228 g/mol. The van der Waals surface area contributed by atoms with Gasteiger partial charge in [0.15, 0.2) is 0 Å². The Balaban J connectivity index is 1.82. The average molecular weight is 228 g/mol. The zero-order chi connectivity index (χ0) is 11.5. The summed E-state index contributed by atoms with van der Waals surface area (Å²) in [6.07, 6.45) is 3.15. The average Bonchev–Trinajstić information content (AvgIpc) is 2.57. The van der Waals surface area contributed by atoms with E-state index in [1.165, 1.54) is 12.8 Å². The first-order valence-electron chi connectivity index (χ1n) is 6.13. The normalized spacial score (nSPS) is 16.4. The number of H-pyrrole nitrogens is 1. The molecule has 1 aliphatic heterocycles. The number of nitrogens with one attached hydrogen (secondary N) is 2. The van der Waals surface area contributed by atoms with Gasteiger partial charge >= 0.3 is 0 Å². The maximum atomic E-state index is 4.56. The van der Waals surface area contributed by atoms with E-state index in [0.717, 1.165) is 42.2 Å². The molecule has 3 rings (SSSR count). The van der Waals surface area contributed by atoms with Crippen LogP contribution in [0.4, 0.5) is 0 Å². The molecule has 4 heteroatoms. The molecule has 1 aromatic carbocycles. The van der Waals surface area contributed by atoms with Gasteiger partial charge in [-0.2, -0.15) is 0 Å². The van der Waals surface area contributed by atoms with Crippen molar-refractivity contribution in [2.75, 3.05) is 13.1 Å². The predicted octanol–water partition coefficient (Wildman–Crippen LogP) is 1.89. The van der Waals surface area contributed by atoms with E-state index in [4.69, 9.17) is 0 Å². The van der Waals surface area contributed by atoms with Gasteiger partial charge in [0.1, 0.15) is 11.7 Å². The van der Waals surface area contributed by atoms with E-state index in [2.05, 4.69) is 20.3 Å². The van der Waals surface area contributed by atoms with Gasteiger partial charge in [0, 0.05) is 13.1 Å². The summed E-state index contributed by atoms with van der Waals surface area (Å²) in [5.41, 5.74) is 2.12. The van der Waals surface area contributed by atoms with Crippen LogP contribution in [0.25, 0.3) is 11.0 Å². The van der Waals surface area contributed by atoms with Crippen molar-refractivity contribution in [3.8, 4) is 0 Å². The number of aliphatic imine (C=N–C) groups is 1. The second-order valence-corrected chi connectivity index (χ2v) is 4.34. The lowest BCUT2D eigenvalue weighted by Crippen LogP contribution is -2.25. The highest BCUT2D eigenvalue weighted by molar-refractivity contribution is 5.85. The zero-order valence-corrected chi connectivity index (χ0v) is 9.74. The number of amidine groups is 1. The third-order valence-electron chi connectivity index (χ3n) is 2.99. The van der Waals surface area contributed by atoms with Gasteiger partial charge in [0.2, 0.25) is 0 Å². The van der Waals surface area contributed by atoms with Crippen LogP contribution >= 0.6 is 0 Å². The molecule has 2 N–H and O–H groups in total. The second-order valence-electron chi connectivity index (χ2n) is 4.34. The van der Waals surface area contributed by atoms with Crippen molar-refractivity contribution in [2.24, 2.45) is 4.99 Å². The highest BCUT2D eigenvalue weighted by atomic mass is 15.0. The molecule has 0 unspecified atom stereocenters. The maximum absolute atomic E-state index is 4.56. The Morgan fingerprint density at radius 1 is 1.18 bits per heavy atom. The number of fused-ring (bicyclic) bond motifs is 1. The number of imidazole rings is 1. The lowest BCUT2D eigenvalue weighted by atomic mass is 10.3. The van der Waals surface area contributed by atoms with Gasteiger partial charge in [-0.3, -0.25) is 4.99 Å². The molecule has 0 aliphatic carbocycles. The number of aromatic nitrogens is 2. The first-order chi connectivity index (χ1) is 8.42. The Morgan fingerprint density at radius 3 is 3.06 bits per heavy atom. The van der Waals surface area contributed by atoms with E-state index in [1.54, 1.807) is 0 Å². The minimum absolute atomic E-state index is 0.772. The molecule has 0 fully saturated rings. The van der Waals surface area contributed by atoms with Crippen molar-refractivity contribution >= 4 is 16.9 Å². The Morgan fingerprint density at radius 2 is 2.12 bits per heavy atom. The summed E-state index contributed by atoms with van der Waals surface area (Å²) in [5.74, 6) is 2.04. The van der Waals surface area contributed by atoms with E-state index < -0.39 is 0 Å². The molecule has 17 heavy (non-hydrogen) atoms. The molecule has 2 heterocycles. The van der Waals surface area contributed by atoms with Crippen LogP contribution in [0.1, 0.15) is 18.7 Å². The first kappa shape index (κ1) is 10.3. The summed E-state index contributed by atoms with van der Waals surface area (Å²) >= 11 is 0. The zero-order valence-electron chi connectivity index (χ0n) is 9.74. The molecule has 4 nitrogen and oxygen atoms in total. The van der Waals surface area contributed by atoms with Crippen LogP contribution in [0.2, 0.25) is 0 Å². The highest BCUT2D eigenvalue weighted by Gasteiger charge is 2.07. The van der Waals surface area contributed by atoms with Gasteiger partial charge in [-0.15, -0.1) is 0 Å². The molecule has 0 atom stereocenters. The predicted molar refractivity (Wildman–Crippen MR) is 69.3 cm³/mol. The van der Waals surface area contributed by atoms with Crippen molar-refractivity contribution in [1.29, 1.82) is 0 Å². The molecule has 1 aliphatic rings. The van der Waals surface area contributed by atoms with Crippen LogP contribution in [0, 0.1) is 0 Å². The molecule has 0 amide bonds. The Kier molecular flexibility index (Phi) is 2.78. The van der Waals surface area contributed by atoms with Crippen molar-refractivity contribution in [1.82, 2.24) is 15.3 Å². The van der Waals surface area contributed by atoms with Gasteiger partial charge < -0.3 is 10.3 Å². The van der Waals surface area contributed by atoms with Crippen molar-refractivity contribution < 1.29 is 0 Å². The van der Waals surface area contributed by atoms with Crippen LogP contribution in [-0.4, -0.2) is 28.9 Å². The SMILES string of the molecule is c1ccc2[nH]c(CC3=NCCCCN3)nc2c1. The molecule has 2 aromatic rings.